The second kappa shape index (κ2) is 7.89. The van der Waals surface area contributed by atoms with Gasteiger partial charge in [0.25, 0.3) is 0 Å². The molecule has 0 saturated carbocycles. The largest absolute Gasteiger partial charge is 0.355 e. The summed E-state index contributed by atoms with van der Waals surface area (Å²) in [6.07, 6.45) is 0. The topological polar surface area (TPSA) is 65.5 Å². The Balaban J connectivity index is 2.20. The Labute approximate surface area is 124 Å². The second-order valence-electron chi connectivity index (χ2n) is 5.44. The van der Waals surface area contributed by atoms with E-state index in [1.54, 1.807) is 18.4 Å². The van der Waals surface area contributed by atoms with Crippen LogP contribution in [0.2, 0.25) is 0 Å². The molecule has 0 aromatic carbocycles. The molecule has 0 atom stereocenters. The number of hydrogen-bond acceptors (Lipinski definition) is 3. The third kappa shape index (κ3) is 6.06. The molecule has 3 N–H and O–H groups in total. The van der Waals surface area contributed by atoms with Gasteiger partial charge in [0.2, 0.25) is 5.91 Å². The quantitative estimate of drug-likeness (QED) is 0.439. The van der Waals surface area contributed by atoms with Crippen LogP contribution in [-0.2, 0) is 11.3 Å². The molecule has 0 aliphatic rings. The fourth-order valence-corrected chi connectivity index (χ4v) is 2.07. The van der Waals surface area contributed by atoms with E-state index in [9.17, 15) is 4.79 Å². The van der Waals surface area contributed by atoms with Crippen LogP contribution in [0, 0.1) is 5.41 Å². The van der Waals surface area contributed by atoms with Crippen molar-refractivity contribution < 1.29 is 4.79 Å². The first-order valence-electron chi connectivity index (χ1n) is 6.68. The van der Waals surface area contributed by atoms with Crippen LogP contribution in [0.15, 0.2) is 22.5 Å². The summed E-state index contributed by atoms with van der Waals surface area (Å²) in [5, 5.41) is 11.3. The zero-order valence-corrected chi connectivity index (χ0v) is 13.4. The number of amides is 1. The summed E-state index contributed by atoms with van der Waals surface area (Å²) in [6.45, 7) is 7.68. The van der Waals surface area contributed by atoms with Gasteiger partial charge in [0.1, 0.15) is 0 Å². The van der Waals surface area contributed by atoms with Crippen LogP contribution in [0.25, 0.3) is 0 Å². The molecular weight excluding hydrogens is 272 g/mol. The van der Waals surface area contributed by atoms with Crippen molar-refractivity contribution in [2.24, 2.45) is 10.4 Å². The van der Waals surface area contributed by atoms with Gasteiger partial charge in [-0.15, -0.1) is 11.3 Å². The highest BCUT2D eigenvalue weighted by molar-refractivity contribution is 7.09. The van der Waals surface area contributed by atoms with Crippen LogP contribution in [0.1, 0.15) is 25.6 Å². The van der Waals surface area contributed by atoms with Crippen LogP contribution in [-0.4, -0.2) is 32.0 Å². The van der Waals surface area contributed by atoms with E-state index in [0.29, 0.717) is 13.1 Å². The fraction of sp³-hybridized carbons (Fsp3) is 0.571. The molecule has 1 heterocycles. The highest BCUT2D eigenvalue weighted by Gasteiger charge is 2.20. The van der Waals surface area contributed by atoms with Gasteiger partial charge in [-0.05, 0) is 11.4 Å². The minimum Gasteiger partial charge on any atom is -0.355 e. The lowest BCUT2D eigenvalue weighted by Crippen LogP contribution is -2.43. The monoisotopic (exact) mass is 296 g/mol. The van der Waals surface area contributed by atoms with Crippen molar-refractivity contribution >= 4 is 23.2 Å². The lowest BCUT2D eigenvalue weighted by atomic mass is 9.96. The summed E-state index contributed by atoms with van der Waals surface area (Å²) < 4.78 is 0. The van der Waals surface area contributed by atoms with Crippen molar-refractivity contribution in [3.8, 4) is 0 Å². The summed E-state index contributed by atoms with van der Waals surface area (Å²) in [7, 11) is 1.73. The first kappa shape index (κ1) is 16.5. The first-order chi connectivity index (χ1) is 9.43. The van der Waals surface area contributed by atoms with E-state index in [2.05, 4.69) is 32.4 Å². The van der Waals surface area contributed by atoms with Crippen LogP contribution in [0.4, 0.5) is 0 Å². The summed E-state index contributed by atoms with van der Waals surface area (Å²) in [4.78, 5) is 17.1. The molecule has 20 heavy (non-hydrogen) atoms. The molecule has 1 rings (SSSR count). The van der Waals surface area contributed by atoms with Gasteiger partial charge in [0.05, 0.1) is 6.54 Å². The molecule has 0 bridgehead atoms. The van der Waals surface area contributed by atoms with Gasteiger partial charge in [-0.1, -0.05) is 26.8 Å². The predicted octanol–water partition coefficient (Wildman–Crippen LogP) is 1.58. The van der Waals surface area contributed by atoms with Gasteiger partial charge in [0.15, 0.2) is 5.96 Å². The Morgan fingerprint density at radius 3 is 2.50 bits per heavy atom. The lowest BCUT2D eigenvalue weighted by Gasteiger charge is -2.18. The van der Waals surface area contributed by atoms with Gasteiger partial charge in [-0.25, -0.2) is 0 Å². The average Bonchev–Trinajstić information content (AvgIpc) is 2.89. The molecule has 0 aliphatic carbocycles. The summed E-state index contributed by atoms with van der Waals surface area (Å²) in [5.41, 5.74) is -0.348. The van der Waals surface area contributed by atoms with Gasteiger partial charge >= 0.3 is 0 Å². The molecule has 0 saturated heterocycles. The van der Waals surface area contributed by atoms with Crippen LogP contribution in [0.5, 0.6) is 0 Å². The van der Waals surface area contributed by atoms with Crippen molar-refractivity contribution in [1.82, 2.24) is 16.0 Å². The van der Waals surface area contributed by atoms with Gasteiger partial charge < -0.3 is 16.0 Å². The Morgan fingerprint density at radius 2 is 1.95 bits per heavy atom. The molecule has 0 spiro atoms. The number of carbonyl (C=O) groups excluding carboxylic acids is 1. The van der Waals surface area contributed by atoms with E-state index in [1.165, 1.54) is 4.88 Å². The summed E-state index contributed by atoms with van der Waals surface area (Å²) in [5.74, 6) is 0.796. The minimum absolute atomic E-state index is 0.0563. The molecule has 1 amide bonds. The maximum Gasteiger partial charge on any atom is 0.225 e. The highest BCUT2D eigenvalue weighted by Crippen LogP contribution is 2.11. The molecule has 1 aromatic rings. The Hall–Kier alpha value is -1.56. The van der Waals surface area contributed by atoms with E-state index in [4.69, 9.17) is 0 Å². The molecule has 1 aromatic heterocycles. The number of hydrogen-bond donors (Lipinski definition) is 3. The molecule has 0 fully saturated rings. The normalized spacial score (nSPS) is 12.1. The van der Waals surface area contributed by atoms with Gasteiger partial charge in [-0.2, -0.15) is 0 Å². The maximum absolute atomic E-state index is 11.7. The lowest BCUT2D eigenvalue weighted by molar-refractivity contribution is -0.128. The summed E-state index contributed by atoms with van der Waals surface area (Å²) in [6, 6.07) is 4.11. The molecule has 6 heteroatoms. The Bertz CT molecular complexity index is 435. The van der Waals surface area contributed by atoms with E-state index < -0.39 is 0 Å². The van der Waals surface area contributed by atoms with E-state index in [1.807, 2.05) is 26.8 Å². The van der Waals surface area contributed by atoms with Crippen molar-refractivity contribution in [3.05, 3.63) is 22.4 Å². The third-order valence-corrected chi connectivity index (χ3v) is 3.49. The van der Waals surface area contributed by atoms with Crippen molar-refractivity contribution in [2.45, 2.75) is 27.3 Å². The van der Waals surface area contributed by atoms with E-state index in [0.717, 1.165) is 12.5 Å². The molecule has 0 unspecified atom stereocenters. The highest BCUT2D eigenvalue weighted by atomic mass is 32.1. The van der Waals surface area contributed by atoms with E-state index >= 15 is 0 Å². The van der Waals surface area contributed by atoms with Crippen molar-refractivity contribution in [2.75, 3.05) is 20.1 Å². The molecule has 0 radical (unpaired) electrons. The smallest absolute Gasteiger partial charge is 0.225 e. The number of thiophene rings is 1. The number of carbonyl (C=O) groups is 1. The van der Waals surface area contributed by atoms with Gasteiger partial charge in [-0.3, -0.25) is 9.79 Å². The Morgan fingerprint density at radius 1 is 1.25 bits per heavy atom. The van der Waals surface area contributed by atoms with Crippen LogP contribution < -0.4 is 16.0 Å². The van der Waals surface area contributed by atoms with Crippen molar-refractivity contribution in [3.63, 3.8) is 0 Å². The van der Waals surface area contributed by atoms with Gasteiger partial charge in [0, 0.05) is 30.4 Å². The number of nitrogens with one attached hydrogen (secondary N) is 3. The number of aliphatic imine (C=N–C) groups is 1. The number of nitrogens with zero attached hydrogens (tertiary/aromatic N) is 1. The first-order valence-corrected chi connectivity index (χ1v) is 7.56. The standard InChI is InChI=1S/C14H24N4OS/c1-14(2,3)12(19)16-7-8-17-13(15-4)18-10-11-6-5-9-20-11/h5-6,9H,7-8,10H2,1-4H3,(H,16,19)(H2,15,17,18). The molecule has 5 nitrogen and oxygen atoms in total. The predicted molar refractivity (Wildman–Crippen MR) is 85.0 cm³/mol. The maximum atomic E-state index is 11.7. The molecule has 112 valence electrons. The number of guanidine groups is 1. The average molecular weight is 296 g/mol. The zero-order chi connectivity index (χ0) is 15.0. The zero-order valence-electron chi connectivity index (χ0n) is 12.6. The summed E-state index contributed by atoms with van der Waals surface area (Å²) >= 11 is 1.71. The van der Waals surface area contributed by atoms with Crippen molar-refractivity contribution in [1.29, 1.82) is 0 Å². The third-order valence-electron chi connectivity index (χ3n) is 2.62. The fourth-order valence-electron chi connectivity index (χ4n) is 1.43. The Kier molecular flexibility index (Phi) is 6.51. The van der Waals surface area contributed by atoms with Crippen LogP contribution in [0.3, 0.4) is 0 Å². The SMILES string of the molecule is CN=C(NCCNC(=O)C(C)(C)C)NCc1cccs1. The number of rotatable bonds is 5. The molecule has 0 aliphatic heterocycles. The van der Waals surface area contributed by atoms with Crippen LogP contribution >= 0.6 is 11.3 Å². The second-order valence-corrected chi connectivity index (χ2v) is 6.47. The van der Waals surface area contributed by atoms with E-state index in [-0.39, 0.29) is 11.3 Å². The molecular formula is C14H24N4OS. The minimum atomic E-state index is -0.348.